The summed E-state index contributed by atoms with van der Waals surface area (Å²) in [4.78, 5) is 31.8. The van der Waals surface area contributed by atoms with Crippen molar-refractivity contribution in [3.63, 3.8) is 0 Å². The Labute approximate surface area is 198 Å². The highest BCUT2D eigenvalue weighted by molar-refractivity contribution is 6.31. The molecule has 2 aromatic rings. The van der Waals surface area contributed by atoms with Gasteiger partial charge in [-0.25, -0.2) is 4.98 Å². The molecule has 8 heteroatoms. The monoisotopic (exact) mass is 477 g/mol. The Kier molecular flexibility index (Phi) is 7.18. The number of aliphatic hydroxyl groups is 1. The molecule has 3 rings (SSSR count). The summed E-state index contributed by atoms with van der Waals surface area (Å²) < 4.78 is 0. The topological polar surface area (TPSA) is 82.5 Å². The van der Waals surface area contributed by atoms with Crippen LogP contribution in [0.2, 0.25) is 10.2 Å². The van der Waals surface area contributed by atoms with Gasteiger partial charge in [-0.2, -0.15) is 0 Å². The van der Waals surface area contributed by atoms with Crippen molar-refractivity contribution in [2.24, 2.45) is 11.3 Å². The fourth-order valence-electron chi connectivity index (χ4n) is 4.25. The van der Waals surface area contributed by atoms with E-state index in [1.165, 1.54) is 12.3 Å². The number of carbonyl (C=O) groups excluding carboxylic acids is 2. The quantitative estimate of drug-likeness (QED) is 0.629. The standard InChI is InChI=1S/C24H29Cl2N3O3/c1-15(2)20(28-21(30)16-9-10-19(26)27-13-16)22(31)29-12-11-24(32,23(3,4)14-29)17-7-5-6-8-18(17)25/h5-10,13,15,20,32H,11-12,14H2,1-4H3,(H,28,30)/t20-,24-/m1/s1. The second kappa shape index (κ2) is 9.38. The molecule has 32 heavy (non-hydrogen) atoms. The Morgan fingerprint density at radius 1 is 1.16 bits per heavy atom. The zero-order chi connectivity index (χ0) is 23.7. The third kappa shape index (κ3) is 4.77. The van der Waals surface area contributed by atoms with Gasteiger partial charge in [0.15, 0.2) is 0 Å². The number of pyridine rings is 1. The molecular formula is C24H29Cl2N3O3. The molecule has 2 N–H and O–H groups in total. The smallest absolute Gasteiger partial charge is 0.253 e. The molecule has 1 aliphatic heterocycles. The molecule has 0 unspecified atom stereocenters. The molecule has 6 nitrogen and oxygen atoms in total. The maximum Gasteiger partial charge on any atom is 0.253 e. The highest BCUT2D eigenvalue weighted by Gasteiger charge is 2.51. The molecule has 0 bridgehead atoms. The zero-order valence-corrected chi connectivity index (χ0v) is 20.2. The van der Waals surface area contributed by atoms with Crippen LogP contribution in [0.1, 0.15) is 50.0 Å². The van der Waals surface area contributed by atoms with E-state index in [-0.39, 0.29) is 17.7 Å². The molecule has 1 saturated heterocycles. The van der Waals surface area contributed by atoms with Crippen molar-refractivity contribution < 1.29 is 14.7 Å². The van der Waals surface area contributed by atoms with Crippen LogP contribution in [0, 0.1) is 11.3 Å². The van der Waals surface area contributed by atoms with Gasteiger partial charge >= 0.3 is 0 Å². The molecular weight excluding hydrogens is 449 g/mol. The molecule has 0 radical (unpaired) electrons. The minimum atomic E-state index is -1.17. The van der Waals surface area contributed by atoms with Gasteiger partial charge in [0.1, 0.15) is 11.2 Å². The van der Waals surface area contributed by atoms with Crippen LogP contribution in [0.5, 0.6) is 0 Å². The second-order valence-corrected chi connectivity index (χ2v) is 10.1. The largest absolute Gasteiger partial charge is 0.384 e. The van der Waals surface area contributed by atoms with E-state index in [1.807, 2.05) is 45.9 Å². The summed E-state index contributed by atoms with van der Waals surface area (Å²) in [6, 6.07) is 9.67. The van der Waals surface area contributed by atoms with Gasteiger partial charge < -0.3 is 15.3 Å². The molecule has 2 heterocycles. The minimum Gasteiger partial charge on any atom is -0.384 e. The SMILES string of the molecule is CC(C)[C@@H](NC(=O)c1ccc(Cl)nc1)C(=O)N1CC[C@@](O)(c2ccccc2Cl)C(C)(C)C1. The number of halogens is 2. The first-order valence-corrected chi connectivity index (χ1v) is 11.4. The average molecular weight is 478 g/mol. The van der Waals surface area contributed by atoms with Gasteiger partial charge in [-0.05, 0) is 30.5 Å². The lowest BCUT2D eigenvalue weighted by Crippen LogP contribution is -2.60. The number of rotatable bonds is 5. The fraction of sp³-hybridized carbons (Fsp3) is 0.458. The Hall–Kier alpha value is -2.15. The number of nitrogens with zero attached hydrogens (tertiary/aromatic N) is 2. The summed E-state index contributed by atoms with van der Waals surface area (Å²) in [5, 5.41) is 15.2. The lowest BCUT2D eigenvalue weighted by Gasteiger charge is -2.51. The molecule has 1 aromatic carbocycles. The highest BCUT2D eigenvalue weighted by atomic mass is 35.5. The van der Waals surface area contributed by atoms with E-state index in [2.05, 4.69) is 10.3 Å². The van der Waals surface area contributed by atoms with Crippen molar-refractivity contribution in [2.45, 2.75) is 45.8 Å². The number of likely N-dealkylation sites (tertiary alicyclic amines) is 1. The average Bonchev–Trinajstić information content (AvgIpc) is 2.73. The number of amides is 2. The summed E-state index contributed by atoms with van der Waals surface area (Å²) in [5.74, 6) is -0.686. The van der Waals surface area contributed by atoms with Crippen LogP contribution in [0.4, 0.5) is 0 Å². The van der Waals surface area contributed by atoms with E-state index >= 15 is 0 Å². The normalized spacial score (nSPS) is 21.3. The Bertz CT molecular complexity index is 994. The first-order chi connectivity index (χ1) is 15.0. The third-order valence-electron chi connectivity index (χ3n) is 6.29. The Balaban J connectivity index is 1.78. The van der Waals surface area contributed by atoms with Crippen LogP contribution >= 0.6 is 23.2 Å². The van der Waals surface area contributed by atoms with E-state index in [1.54, 1.807) is 17.0 Å². The van der Waals surface area contributed by atoms with Crippen molar-refractivity contribution in [3.05, 3.63) is 63.9 Å². The molecule has 2 atom stereocenters. The second-order valence-electron chi connectivity index (χ2n) is 9.30. The minimum absolute atomic E-state index is 0.126. The van der Waals surface area contributed by atoms with Crippen molar-refractivity contribution >= 4 is 35.0 Å². The maximum atomic E-state index is 13.4. The summed E-state index contributed by atoms with van der Waals surface area (Å²) in [6.45, 7) is 8.31. The van der Waals surface area contributed by atoms with Crippen molar-refractivity contribution in [1.29, 1.82) is 0 Å². The number of carbonyl (C=O) groups is 2. The molecule has 2 amide bonds. The van der Waals surface area contributed by atoms with Crippen LogP contribution in [-0.2, 0) is 10.4 Å². The Morgan fingerprint density at radius 2 is 1.84 bits per heavy atom. The van der Waals surface area contributed by atoms with Gasteiger partial charge in [0, 0.05) is 35.3 Å². The van der Waals surface area contributed by atoms with Gasteiger partial charge in [-0.1, -0.05) is 69.1 Å². The molecule has 0 spiro atoms. The van der Waals surface area contributed by atoms with E-state index in [9.17, 15) is 14.7 Å². The van der Waals surface area contributed by atoms with Crippen LogP contribution < -0.4 is 5.32 Å². The van der Waals surface area contributed by atoms with Gasteiger partial charge in [-0.15, -0.1) is 0 Å². The van der Waals surface area contributed by atoms with E-state index < -0.39 is 17.1 Å². The van der Waals surface area contributed by atoms with Gasteiger partial charge in [0.05, 0.1) is 11.2 Å². The molecule has 0 aliphatic carbocycles. The fourth-order valence-corrected chi connectivity index (χ4v) is 4.65. The zero-order valence-electron chi connectivity index (χ0n) is 18.7. The molecule has 1 aromatic heterocycles. The number of piperidine rings is 1. The summed E-state index contributed by atoms with van der Waals surface area (Å²) in [7, 11) is 0. The number of aromatic nitrogens is 1. The van der Waals surface area contributed by atoms with Crippen molar-refractivity contribution in [2.75, 3.05) is 13.1 Å². The molecule has 1 aliphatic rings. The number of benzene rings is 1. The first-order valence-electron chi connectivity index (χ1n) is 10.6. The van der Waals surface area contributed by atoms with Crippen LogP contribution in [0.3, 0.4) is 0 Å². The van der Waals surface area contributed by atoms with E-state index in [4.69, 9.17) is 23.2 Å². The van der Waals surface area contributed by atoms with Gasteiger partial charge in [0.25, 0.3) is 5.91 Å². The van der Waals surface area contributed by atoms with Crippen LogP contribution in [0.25, 0.3) is 0 Å². The van der Waals surface area contributed by atoms with Crippen molar-refractivity contribution in [1.82, 2.24) is 15.2 Å². The summed E-state index contributed by atoms with van der Waals surface area (Å²) in [6.07, 6.45) is 1.72. The third-order valence-corrected chi connectivity index (χ3v) is 6.84. The number of nitrogens with one attached hydrogen (secondary N) is 1. The highest BCUT2D eigenvalue weighted by Crippen LogP contribution is 2.48. The first kappa shape index (κ1) is 24.5. The van der Waals surface area contributed by atoms with Crippen molar-refractivity contribution in [3.8, 4) is 0 Å². The molecule has 172 valence electrons. The molecule has 1 fully saturated rings. The molecule has 0 saturated carbocycles. The lowest BCUT2D eigenvalue weighted by atomic mass is 9.66. The van der Waals surface area contributed by atoms with Crippen LogP contribution in [-0.4, -0.2) is 45.9 Å². The number of hydrogen-bond acceptors (Lipinski definition) is 4. The van der Waals surface area contributed by atoms with Gasteiger partial charge in [0.2, 0.25) is 5.91 Å². The summed E-state index contributed by atoms with van der Waals surface area (Å²) >= 11 is 12.2. The van der Waals surface area contributed by atoms with Crippen LogP contribution in [0.15, 0.2) is 42.6 Å². The lowest BCUT2D eigenvalue weighted by molar-refractivity contribution is -0.155. The van der Waals surface area contributed by atoms with Gasteiger partial charge in [-0.3, -0.25) is 9.59 Å². The maximum absolute atomic E-state index is 13.4. The van der Waals surface area contributed by atoms with E-state index in [0.717, 1.165) is 0 Å². The Morgan fingerprint density at radius 3 is 2.41 bits per heavy atom. The van der Waals surface area contributed by atoms with E-state index in [0.29, 0.717) is 40.8 Å². The summed E-state index contributed by atoms with van der Waals surface area (Å²) in [5.41, 5.74) is -0.826. The number of hydrogen-bond donors (Lipinski definition) is 2. The predicted molar refractivity (Wildman–Crippen MR) is 126 cm³/mol. The predicted octanol–water partition coefficient (Wildman–Crippen LogP) is 4.29.